The summed E-state index contributed by atoms with van der Waals surface area (Å²) in [5, 5.41) is 0.354. The fourth-order valence-corrected chi connectivity index (χ4v) is 1.80. The number of H-pyrrole nitrogens is 1. The maximum Gasteiger partial charge on any atom is 0.329 e. The smallest absolute Gasteiger partial charge is 0.329 e. The topological polar surface area (TPSA) is 81.2 Å². The van der Waals surface area contributed by atoms with Crippen molar-refractivity contribution >= 4 is 16.9 Å². The van der Waals surface area contributed by atoms with Crippen molar-refractivity contribution in [3.05, 3.63) is 45.1 Å². The van der Waals surface area contributed by atoms with E-state index in [0.717, 1.165) is 4.57 Å². The lowest BCUT2D eigenvalue weighted by atomic mass is 10.2. The van der Waals surface area contributed by atoms with Crippen molar-refractivity contribution in [3.8, 4) is 0 Å². The Kier molecular flexibility index (Phi) is 3.01. The van der Waals surface area contributed by atoms with E-state index in [1.54, 1.807) is 24.3 Å². The third kappa shape index (κ3) is 1.81. The molecule has 0 aliphatic rings. The molecule has 0 radical (unpaired) electrons. The molecule has 1 aromatic carbocycles. The van der Waals surface area contributed by atoms with Crippen LogP contribution in [0.15, 0.2) is 33.9 Å². The first-order valence-corrected chi connectivity index (χ1v) is 5.37. The van der Waals surface area contributed by atoms with Crippen molar-refractivity contribution in [2.45, 2.75) is 13.0 Å². The maximum atomic E-state index is 12.1. The number of esters is 1. The zero-order valence-corrected chi connectivity index (χ0v) is 9.97. The molecule has 18 heavy (non-hydrogen) atoms. The van der Waals surface area contributed by atoms with E-state index in [4.69, 9.17) is 0 Å². The van der Waals surface area contributed by atoms with Gasteiger partial charge in [0.25, 0.3) is 5.56 Å². The van der Waals surface area contributed by atoms with E-state index in [9.17, 15) is 14.4 Å². The van der Waals surface area contributed by atoms with Crippen molar-refractivity contribution in [2.75, 3.05) is 7.11 Å². The normalized spacial score (nSPS) is 12.3. The summed E-state index contributed by atoms with van der Waals surface area (Å²) in [6, 6.07) is 5.66. The highest BCUT2D eigenvalue weighted by atomic mass is 16.5. The van der Waals surface area contributed by atoms with Crippen molar-refractivity contribution in [2.24, 2.45) is 0 Å². The number of ether oxygens (including phenoxy) is 1. The minimum absolute atomic E-state index is 0.354. The van der Waals surface area contributed by atoms with E-state index in [2.05, 4.69) is 9.72 Å². The first-order chi connectivity index (χ1) is 8.56. The van der Waals surface area contributed by atoms with Crippen LogP contribution < -0.4 is 11.2 Å². The van der Waals surface area contributed by atoms with Gasteiger partial charge in [0.2, 0.25) is 0 Å². The number of fused-ring (bicyclic) bond motifs is 1. The van der Waals surface area contributed by atoms with Crippen LogP contribution >= 0.6 is 0 Å². The Bertz CT molecular complexity index is 714. The van der Waals surface area contributed by atoms with E-state index < -0.39 is 23.3 Å². The highest BCUT2D eigenvalue weighted by Crippen LogP contribution is 2.06. The summed E-state index contributed by atoms with van der Waals surface area (Å²) >= 11 is 0. The van der Waals surface area contributed by atoms with Crippen molar-refractivity contribution in [3.63, 3.8) is 0 Å². The largest absolute Gasteiger partial charge is 0.467 e. The second kappa shape index (κ2) is 4.48. The highest BCUT2D eigenvalue weighted by Gasteiger charge is 2.20. The number of rotatable bonds is 2. The summed E-state index contributed by atoms with van der Waals surface area (Å²) in [6.07, 6.45) is 0. The number of methoxy groups -OCH3 is 1. The summed E-state index contributed by atoms with van der Waals surface area (Å²) in [7, 11) is 1.21. The Labute approximate surface area is 102 Å². The van der Waals surface area contributed by atoms with Gasteiger partial charge in [0.05, 0.1) is 18.0 Å². The van der Waals surface area contributed by atoms with Gasteiger partial charge in [-0.05, 0) is 19.1 Å². The summed E-state index contributed by atoms with van der Waals surface area (Å²) in [4.78, 5) is 37.9. The third-order valence-electron chi connectivity index (χ3n) is 2.77. The Balaban J connectivity index is 2.76. The van der Waals surface area contributed by atoms with E-state index in [-0.39, 0.29) is 0 Å². The first kappa shape index (κ1) is 12.1. The molecular weight excluding hydrogens is 236 g/mol. The second-order valence-electron chi connectivity index (χ2n) is 3.85. The Morgan fingerprint density at radius 2 is 2.00 bits per heavy atom. The lowest BCUT2D eigenvalue weighted by Crippen LogP contribution is -2.40. The lowest BCUT2D eigenvalue weighted by molar-refractivity contribution is -0.144. The molecule has 0 aliphatic carbocycles. The van der Waals surface area contributed by atoms with Crippen LogP contribution in [0.4, 0.5) is 0 Å². The van der Waals surface area contributed by atoms with E-state index in [1.165, 1.54) is 14.0 Å². The number of aromatic nitrogens is 2. The number of nitrogens with zero attached hydrogens (tertiary/aromatic N) is 1. The molecule has 0 saturated carbocycles. The molecule has 0 fully saturated rings. The summed E-state index contributed by atoms with van der Waals surface area (Å²) in [5.74, 6) is -0.641. The van der Waals surface area contributed by atoms with Crippen LogP contribution in [-0.2, 0) is 9.53 Å². The molecule has 1 aromatic heterocycles. The molecule has 2 aromatic rings. The predicted octanol–water partition coefficient (Wildman–Crippen LogP) is 0.424. The van der Waals surface area contributed by atoms with Crippen molar-refractivity contribution < 1.29 is 9.53 Å². The van der Waals surface area contributed by atoms with Crippen LogP contribution in [-0.4, -0.2) is 22.6 Å². The predicted molar refractivity (Wildman–Crippen MR) is 65.6 cm³/mol. The number of carbonyl (C=O) groups is 1. The number of para-hydroxylation sites is 1. The lowest BCUT2D eigenvalue weighted by Gasteiger charge is -2.12. The summed E-state index contributed by atoms with van der Waals surface area (Å²) < 4.78 is 5.39. The molecule has 1 N–H and O–H groups in total. The van der Waals surface area contributed by atoms with Crippen LogP contribution in [0.2, 0.25) is 0 Å². The quantitative estimate of drug-likeness (QED) is 0.781. The molecule has 1 atom stereocenters. The van der Waals surface area contributed by atoms with Crippen molar-refractivity contribution in [1.29, 1.82) is 0 Å². The molecule has 0 aliphatic heterocycles. The van der Waals surface area contributed by atoms with Gasteiger partial charge in [-0.3, -0.25) is 4.79 Å². The van der Waals surface area contributed by atoms with Crippen LogP contribution in [0, 0.1) is 0 Å². The van der Waals surface area contributed by atoms with Gasteiger partial charge in [0, 0.05) is 0 Å². The number of benzene rings is 1. The maximum absolute atomic E-state index is 12.1. The highest BCUT2D eigenvalue weighted by molar-refractivity contribution is 5.78. The van der Waals surface area contributed by atoms with Gasteiger partial charge in [-0.15, -0.1) is 0 Å². The molecule has 0 amide bonds. The SMILES string of the molecule is COC(=O)[C@@H](C)n1c(=O)[nH]c2ccccc2c1=O. The van der Waals surface area contributed by atoms with Gasteiger partial charge in [-0.1, -0.05) is 12.1 Å². The van der Waals surface area contributed by atoms with Crippen LogP contribution in [0.1, 0.15) is 13.0 Å². The average molecular weight is 248 g/mol. The van der Waals surface area contributed by atoms with Crippen molar-refractivity contribution in [1.82, 2.24) is 9.55 Å². The van der Waals surface area contributed by atoms with Gasteiger partial charge in [-0.2, -0.15) is 0 Å². The molecule has 0 unspecified atom stereocenters. The summed E-state index contributed by atoms with van der Waals surface area (Å²) in [5.41, 5.74) is -0.690. The minimum Gasteiger partial charge on any atom is -0.467 e. The van der Waals surface area contributed by atoms with E-state index in [1.807, 2.05) is 0 Å². The Morgan fingerprint density at radius 1 is 1.33 bits per heavy atom. The minimum atomic E-state index is -0.962. The van der Waals surface area contributed by atoms with Crippen LogP contribution in [0.25, 0.3) is 10.9 Å². The molecule has 2 rings (SSSR count). The molecule has 0 bridgehead atoms. The zero-order chi connectivity index (χ0) is 13.3. The van der Waals surface area contributed by atoms with Gasteiger partial charge in [-0.25, -0.2) is 14.2 Å². The van der Waals surface area contributed by atoms with Gasteiger partial charge in [0.1, 0.15) is 6.04 Å². The molecule has 6 nitrogen and oxygen atoms in total. The van der Waals surface area contributed by atoms with E-state index >= 15 is 0 Å². The van der Waals surface area contributed by atoms with E-state index in [0.29, 0.717) is 10.9 Å². The molecule has 6 heteroatoms. The monoisotopic (exact) mass is 248 g/mol. The first-order valence-electron chi connectivity index (χ1n) is 5.37. The fourth-order valence-electron chi connectivity index (χ4n) is 1.80. The average Bonchev–Trinajstić information content (AvgIpc) is 2.37. The van der Waals surface area contributed by atoms with Crippen LogP contribution in [0.3, 0.4) is 0 Å². The second-order valence-corrected chi connectivity index (χ2v) is 3.85. The Hall–Kier alpha value is -2.37. The third-order valence-corrected chi connectivity index (χ3v) is 2.77. The number of nitrogens with one attached hydrogen (secondary N) is 1. The molecule has 0 saturated heterocycles. The van der Waals surface area contributed by atoms with Gasteiger partial charge in [0.15, 0.2) is 0 Å². The fraction of sp³-hybridized carbons (Fsp3) is 0.250. The van der Waals surface area contributed by atoms with Gasteiger partial charge < -0.3 is 9.72 Å². The molecular formula is C12H12N2O4. The number of aromatic amines is 1. The Morgan fingerprint density at radius 3 is 2.67 bits per heavy atom. The zero-order valence-electron chi connectivity index (χ0n) is 9.97. The summed E-state index contributed by atoms with van der Waals surface area (Å²) in [6.45, 7) is 1.44. The number of carbonyl (C=O) groups excluding carboxylic acids is 1. The van der Waals surface area contributed by atoms with Gasteiger partial charge >= 0.3 is 11.7 Å². The number of hydrogen-bond donors (Lipinski definition) is 1. The molecule has 94 valence electrons. The molecule has 1 heterocycles. The standard InChI is InChI=1S/C12H12N2O4/c1-7(11(16)18-2)14-10(15)8-5-3-4-6-9(8)13-12(14)17/h3-7H,1-2H3,(H,13,17)/t7-/m1/s1. The number of hydrogen-bond acceptors (Lipinski definition) is 4. The van der Waals surface area contributed by atoms with Crippen LogP contribution in [0.5, 0.6) is 0 Å². The molecule has 0 spiro atoms.